The second-order valence-electron chi connectivity index (χ2n) is 10.5. The summed E-state index contributed by atoms with van der Waals surface area (Å²) >= 11 is 0. The van der Waals surface area contributed by atoms with E-state index >= 15 is 0 Å². The molecule has 4 aliphatic rings. The molecule has 3 bridgehead atoms. The molecule has 31 heavy (non-hydrogen) atoms. The maximum Gasteiger partial charge on any atom is 0.316 e. The lowest BCUT2D eigenvalue weighted by molar-refractivity contribution is -0.901. The first-order valence-electron chi connectivity index (χ1n) is 11.3. The molecule has 3 fully saturated rings. The van der Waals surface area contributed by atoms with Crippen LogP contribution in [0.1, 0.15) is 25.3 Å². The highest BCUT2D eigenvalue weighted by Crippen LogP contribution is 2.67. The Morgan fingerprint density at radius 2 is 2.10 bits per heavy atom. The largest absolute Gasteiger partial charge is 0.632 e. The van der Waals surface area contributed by atoms with Gasteiger partial charge in [0.2, 0.25) is 0 Å². The van der Waals surface area contributed by atoms with Crippen LogP contribution in [-0.2, 0) is 19.4 Å². The van der Waals surface area contributed by atoms with E-state index in [4.69, 9.17) is 14.2 Å². The minimum atomic E-state index is -1.94. The fourth-order valence-corrected chi connectivity index (χ4v) is 7.51. The maximum absolute atomic E-state index is 14.0. The first-order valence-corrected chi connectivity index (χ1v) is 14.7. The number of methoxy groups -OCH3 is 1. The highest BCUT2D eigenvalue weighted by atomic mass is 28.4. The number of aliphatic imine (C=N–C) groups is 1. The molecular weight excluding hydrogens is 408 g/mol. The third kappa shape index (κ3) is 2.55. The van der Waals surface area contributed by atoms with Gasteiger partial charge < -0.3 is 19.0 Å². The van der Waals surface area contributed by atoms with E-state index in [-0.39, 0.29) is 22.6 Å². The van der Waals surface area contributed by atoms with Gasteiger partial charge in [-0.15, -0.1) is 0 Å². The number of ether oxygens (including phenoxy) is 1. The number of hydrogen-bond donors (Lipinski definition) is 0. The monoisotopic (exact) mass is 440 g/mol. The zero-order valence-corrected chi connectivity index (χ0v) is 20.1. The molecule has 0 radical (unpaired) electrons. The maximum atomic E-state index is 14.0. The van der Waals surface area contributed by atoms with Crippen molar-refractivity contribution in [3.63, 3.8) is 0 Å². The van der Waals surface area contributed by atoms with Crippen molar-refractivity contribution in [3.8, 4) is 0 Å². The van der Waals surface area contributed by atoms with Crippen molar-refractivity contribution >= 4 is 25.7 Å². The fourth-order valence-electron chi connectivity index (χ4n) is 6.85. The van der Waals surface area contributed by atoms with Crippen LogP contribution in [0.4, 0.5) is 5.69 Å². The summed E-state index contributed by atoms with van der Waals surface area (Å²) in [5, 5.41) is 14.0. The van der Waals surface area contributed by atoms with E-state index in [1.165, 1.54) is 7.11 Å². The molecule has 166 valence electrons. The summed E-state index contributed by atoms with van der Waals surface area (Å²) in [4.78, 5) is 19.0. The quantitative estimate of drug-likeness (QED) is 0.232. The average molecular weight is 441 g/mol. The van der Waals surface area contributed by atoms with E-state index in [9.17, 15) is 10.0 Å². The number of rotatable bonds is 4. The van der Waals surface area contributed by atoms with Crippen LogP contribution in [0.15, 0.2) is 40.9 Å². The molecule has 1 saturated carbocycles. The number of piperidine rings is 2. The van der Waals surface area contributed by atoms with Gasteiger partial charge in [0.1, 0.15) is 18.0 Å². The summed E-state index contributed by atoms with van der Waals surface area (Å²) in [5.41, 5.74) is 2.35. The zero-order valence-electron chi connectivity index (χ0n) is 19.1. The van der Waals surface area contributed by atoms with Gasteiger partial charge in [0, 0.05) is 18.8 Å². The Hall–Kier alpha value is -1.80. The van der Waals surface area contributed by atoms with Crippen molar-refractivity contribution in [1.29, 1.82) is 0 Å². The van der Waals surface area contributed by atoms with Crippen molar-refractivity contribution < 1.29 is 18.6 Å². The van der Waals surface area contributed by atoms with Gasteiger partial charge in [-0.3, -0.25) is 9.79 Å². The van der Waals surface area contributed by atoms with E-state index in [2.05, 4.69) is 31.8 Å². The Morgan fingerprint density at radius 1 is 1.35 bits per heavy atom. The molecule has 1 aromatic rings. The number of nitrogens with zero attached hydrogens (tertiary/aromatic N) is 2. The van der Waals surface area contributed by atoms with E-state index in [0.29, 0.717) is 32.5 Å². The van der Waals surface area contributed by atoms with Gasteiger partial charge in [-0.25, -0.2) is 0 Å². The summed E-state index contributed by atoms with van der Waals surface area (Å²) in [5.74, 6) is -0.317. The predicted octanol–water partition coefficient (Wildman–Crippen LogP) is 4.09. The number of allylic oxidation sites excluding steroid dienone is 1. The Kier molecular flexibility index (Phi) is 4.49. The lowest BCUT2D eigenvalue weighted by atomic mass is 9.43. The summed E-state index contributed by atoms with van der Waals surface area (Å²) in [7, 11) is -0.456. The number of hydrogen-bond acceptors (Lipinski definition) is 5. The third-order valence-electron chi connectivity index (χ3n) is 8.16. The lowest BCUT2D eigenvalue weighted by Crippen LogP contribution is -2.79. The van der Waals surface area contributed by atoms with Crippen LogP contribution in [-0.4, -0.2) is 57.5 Å². The molecule has 0 aromatic heterocycles. The second kappa shape index (κ2) is 6.60. The van der Waals surface area contributed by atoms with Crippen LogP contribution in [0.5, 0.6) is 0 Å². The molecule has 2 saturated heterocycles. The van der Waals surface area contributed by atoms with Crippen molar-refractivity contribution in [2.24, 2.45) is 16.3 Å². The molecule has 0 unspecified atom stereocenters. The minimum absolute atomic E-state index is 0.0862. The molecule has 0 spiro atoms. The Bertz CT molecular complexity index is 1020. The summed E-state index contributed by atoms with van der Waals surface area (Å²) < 4.78 is 11.9. The number of hydroxylamine groups is 3. The van der Waals surface area contributed by atoms with Crippen LogP contribution in [0.3, 0.4) is 0 Å². The molecule has 1 aromatic carbocycles. The number of benzene rings is 1. The van der Waals surface area contributed by atoms with Gasteiger partial charge >= 0.3 is 5.97 Å². The van der Waals surface area contributed by atoms with Crippen LogP contribution in [0, 0.1) is 16.5 Å². The number of fused-ring (bicyclic) bond motifs is 2. The van der Waals surface area contributed by atoms with Gasteiger partial charge in [-0.05, 0) is 43.8 Å². The molecular formula is C24H32N2O4Si. The number of quaternary nitrogens is 1. The van der Waals surface area contributed by atoms with Crippen molar-refractivity contribution in [2.75, 3.05) is 26.8 Å². The standard InChI is InChI=1S/C24H32N2O4Si/c1-6-16-14-26(28)12-11-23-17-9-7-8-10-19(17)25-21(23)20(26)13-18(16)24(23,22(27)29-2)15-30-31(3,4)5/h6-10,18,20H,11-15H2,1-5H3/b16-6-/t18-,20-,23+,24-,26+/m0/s1. The van der Waals surface area contributed by atoms with E-state index in [1.54, 1.807) is 0 Å². The van der Waals surface area contributed by atoms with Crippen molar-refractivity contribution in [3.05, 3.63) is 46.7 Å². The van der Waals surface area contributed by atoms with Gasteiger partial charge in [0.05, 0.1) is 37.1 Å². The van der Waals surface area contributed by atoms with E-state index in [1.807, 2.05) is 25.1 Å². The van der Waals surface area contributed by atoms with E-state index < -0.39 is 19.1 Å². The first kappa shape index (κ1) is 21.1. The summed E-state index contributed by atoms with van der Waals surface area (Å²) in [6.07, 6.45) is 3.28. The molecule has 5 rings (SSSR count). The summed E-state index contributed by atoms with van der Waals surface area (Å²) in [6.45, 7) is 9.64. The van der Waals surface area contributed by atoms with Crippen LogP contribution >= 0.6 is 0 Å². The summed E-state index contributed by atoms with van der Waals surface area (Å²) in [6, 6.07) is 7.89. The lowest BCUT2D eigenvalue weighted by Gasteiger charge is -2.68. The van der Waals surface area contributed by atoms with Gasteiger partial charge in [0.15, 0.2) is 8.32 Å². The molecule has 3 aliphatic heterocycles. The number of carbonyl (C=O) groups is 1. The van der Waals surface area contributed by atoms with Gasteiger partial charge in [-0.1, -0.05) is 24.3 Å². The highest BCUT2D eigenvalue weighted by Gasteiger charge is 2.76. The SMILES string of the molecule is C/C=C1/C[N@+]2([O-])CC[C@]34C(=Nc5ccccc53)[C@@H]2C[C@@H]1[C@@]4(CO[Si](C)(C)C)C(=O)OC. The second-order valence-corrected chi connectivity index (χ2v) is 15.0. The molecule has 0 amide bonds. The first-order chi connectivity index (χ1) is 14.6. The van der Waals surface area contributed by atoms with Crippen molar-refractivity contribution in [1.82, 2.24) is 0 Å². The topological polar surface area (TPSA) is 71.0 Å². The average Bonchev–Trinajstić information content (AvgIpc) is 3.09. The van der Waals surface area contributed by atoms with Crippen molar-refractivity contribution in [2.45, 2.75) is 50.9 Å². The molecule has 3 heterocycles. The minimum Gasteiger partial charge on any atom is -0.632 e. The van der Waals surface area contributed by atoms with Crippen LogP contribution in [0.25, 0.3) is 0 Å². The fraction of sp³-hybridized carbons (Fsp3) is 0.583. The number of carbonyl (C=O) groups excluding carboxylic acids is 1. The molecule has 5 atom stereocenters. The van der Waals surface area contributed by atoms with Crippen LogP contribution in [0.2, 0.25) is 19.6 Å². The van der Waals surface area contributed by atoms with Gasteiger partial charge in [-0.2, -0.15) is 0 Å². The molecule has 6 nitrogen and oxygen atoms in total. The Balaban J connectivity index is 1.83. The molecule has 0 N–H and O–H groups in total. The predicted molar refractivity (Wildman–Crippen MR) is 123 cm³/mol. The number of esters is 1. The highest BCUT2D eigenvalue weighted by molar-refractivity contribution is 6.69. The zero-order chi connectivity index (χ0) is 22.2. The Morgan fingerprint density at radius 3 is 2.77 bits per heavy atom. The normalized spacial score (nSPS) is 39.2. The van der Waals surface area contributed by atoms with Crippen LogP contribution < -0.4 is 0 Å². The third-order valence-corrected chi connectivity index (χ3v) is 9.17. The molecule has 1 aliphatic carbocycles. The van der Waals surface area contributed by atoms with Gasteiger partial charge in [0.25, 0.3) is 0 Å². The van der Waals surface area contributed by atoms with E-state index in [0.717, 1.165) is 22.5 Å². The molecule has 7 heteroatoms. The smallest absolute Gasteiger partial charge is 0.316 e. The Labute approximate surface area is 185 Å². The number of para-hydroxylation sites is 1.